The maximum atomic E-state index is 13.7. The van der Waals surface area contributed by atoms with Crippen LogP contribution in [0.3, 0.4) is 0 Å². The number of rotatable bonds is 4. The third-order valence-electron chi connectivity index (χ3n) is 7.15. The molecule has 1 saturated carbocycles. The highest BCUT2D eigenvalue weighted by molar-refractivity contribution is 5.86. The monoisotopic (exact) mass is 459 g/mol. The van der Waals surface area contributed by atoms with Crippen LogP contribution in [0.4, 0.5) is 9.18 Å². The lowest BCUT2D eigenvalue weighted by molar-refractivity contribution is -0.135. The summed E-state index contributed by atoms with van der Waals surface area (Å²) in [7, 11) is 0. The van der Waals surface area contributed by atoms with Crippen molar-refractivity contribution in [2.75, 3.05) is 32.7 Å². The van der Waals surface area contributed by atoms with Crippen molar-refractivity contribution in [2.24, 2.45) is 5.92 Å². The number of ether oxygens (including phenoxy) is 1. The first-order valence-corrected chi connectivity index (χ1v) is 12.5. The van der Waals surface area contributed by atoms with Crippen LogP contribution in [0, 0.1) is 11.7 Å². The fourth-order valence-electron chi connectivity index (χ4n) is 5.31. The van der Waals surface area contributed by atoms with Crippen LogP contribution in [0.15, 0.2) is 24.3 Å². The van der Waals surface area contributed by atoms with Crippen molar-refractivity contribution in [1.29, 1.82) is 0 Å². The van der Waals surface area contributed by atoms with E-state index in [0.29, 0.717) is 32.0 Å². The van der Waals surface area contributed by atoms with Gasteiger partial charge in [0.2, 0.25) is 5.91 Å². The van der Waals surface area contributed by atoms with Crippen molar-refractivity contribution in [3.63, 3.8) is 0 Å². The van der Waals surface area contributed by atoms with Gasteiger partial charge in [0.1, 0.15) is 17.5 Å². The summed E-state index contributed by atoms with van der Waals surface area (Å²) >= 11 is 0. The van der Waals surface area contributed by atoms with Gasteiger partial charge in [-0.25, -0.2) is 9.18 Å². The number of benzene rings is 1. The maximum Gasteiger partial charge on any atom is 0.410 e. The van der Waals surface area contributed by atoms with E-state index < -0.39 is 17.7 Å². The van der Waals surface area contributed by atoms with E-state index in [1.165, 1.54) is 31.4 Å². The predicted octanol–water partition coefficient (Wildman–Crippen LogP) is 4.08. The van der Waals surface area contributed by atoms with Crippen molar-refractivity contribution in [1.82, 2.24) is 14.7 Å². The predicted molar refractivity (Wildman–Crippen MR) is 125 cm³/mol. The molecule has 0 bridgehead atoms. The molecule has 7 heteroatoms. The smallest absolute Gasteiger partial charge is 0.410 e. The second-order valence-corrected chi connectivity index (χ2v) is 10.9. The van der Waals surface area contributed by atoms with Crippen LogP contribution in [-0.4, -0.2) is 77.1 Å². The van der Waals surface area contributed by atoms with E-state index in [1.807, 2.05) is 31.7 Å². The Bertz CT molecular complexity index is 851. The maximum absolute atomic E-state index is 13.7. The number of likely N-dealkylation sites (tertiary alicyclic amines) is 1. The van der Waals surface area contributed by atoms with Gasteiger partial charge in [0, 0.05) is 38.8 Å². The SMILES string of the molecule is CC(C)(C)OC(=O)N1C[C@H](Cc2cccc(F)c2)C[C@H]1C(=O)N1CCCN(C2CCC2)CC1. The summed E-state index contributed by atoms with van der Waals surface area (Å²) < 4.78 is 19.3. The topological polar surface area (TPSA) is 53.1 Å². The van der Waals surface area contributed by atoms with Gasteiger partial charge in [0.25, 0.3) is 0 Å². The molecule has 2 aliphatic heterocycles. The van der Waals surface area contributed by atoms with Gasteiger partial charge in [-0.05, 0) is 76.5 Å². The minimum Gasteiger partial charge on any atom is -0.444 e. The molecule has 0 aromatic heterocycles. The first-order valence-electron chi connectivity index (χ1n) is 12.5. The zero-order chi connectivity index (χ0) is 23.6. The summed E-state index contributed by atoms with van der Waals surface area (Å²) in [4.78, 5) is 32.8. The second-order valence-electron chi connectivity index (χ2n) is 10.9. The molecule has 1 aliphatic carbocycles. The molecular formula is C26H38FN3O3. The molecule has 3 aliphatic rings. The number of hydrogen-bond donors (Lipinski definition) is 0. The van der Waals surface area contributed by atoms with Gasteiger partial charge in [-0.15, -0.1) is 0 Å². The average molecular weight is 460 g/mol. The van der Waals surface area contributed by atoms with Gasteiger partial charge in [0.05, 0.1) is 0 Å². The Balaban J connectivity index is 1.46. The zero-order valence-electron chi connectivity index (χ0n) is 20.3. The Morgan fingerprint density at radius 3 is 2.55 bits per heavy atom. The molecule has 0 N–H and O–H groups in total. The number of carbonyl (C=O) groups excluding carboxylic acids is 2. The molecule has 6 nitrogen and oxygen atoms in total. The molecule has 33 heavy (non-hydrogen) atoms. The van der Waals surface area contributed by atoms with Gasteiger partial charge in [0.15, 0.2) is 0 Å². The summed E-state index contributed by atoms with van der Waals surface area (Å²) in [5.74, 6) is -0.146. The molecule has 4 rings (SSSR count). The summed E-state index contributed by atoms with van der Waals surface area (Å²) in [6.07, 6.45) is 5.59. The summed E-state index contributed by atoms with van der Waals surface area (Å²) in [5.41, 5.74) is 0.264. The Hall–Kier alpha value is -2.15. The van der Waals surface area contributed by atoms with Crippen LogP contribution >= 0.6 is 0 Å². The molecule has 182 valence electrons. The van der Waals surface area contributed by atoms with Gasteiger partial charge >= 0.3 is 6.09 Å². The van der Waals surface area contributed by atoms with Crippen LogP contribution in [0.5, 0.6) is 0 Å². The molecule has 2 saturated heterocycles. The Morgan fingerprint density at radius 1 is 1.09 bits per heavy atom. The largest absolute Gasteiger partial charge is 0.444 e. The van der Waals surface area contributed by atoms with Crippen LogP contribution in [0.1, 0.15) is 58.4 Å². The Kier molecular flexibility index (Phi) is 7.27. The van der Waals surface area contributed by atoms with E-state index in [1.54, 1.807) is 11.0 Å². The average Bonchev–Trinajstić information content (AvgIpc) is 2.96. The van der Waals surface area contributed by atoms with Gasteiger partial charge < -0.3 is 9.64 Å². The number of halogens is 1. The Labute approximate surface area is 197 Å². The molecule has 2 amide bonds. The van der Waals surface area contributed by atoms with E-state index in [9.17, 15) is 14.0 Å². The molecule has 1 aromatic rings. The third kappa shape index (κ3) is 6.05. The molecular weight excluding hydrogens is 421 g/mol. The summed E-state index contributed by atoms with van der Waals surface area (Å²) in [6.45, 7) is 9.35. The second kappa shape index (κ2) is 10.00. The number of carbonyl (C=O) groups is 2. The van der Waals surface area contributed by atoms with Crippen molar-refractivity contribution in [3.05, 3.63) is 35.6 Å². The van der Waals surface area contributed by atoms with E-state index in [2.05, 4.69) is 4.90 Å². The van der Waals surface area contributed by atoms with Crippen LogP contribution in [0.25, 0.3) is 0 Å². The van der Waals surface area contributed by atoms with Gasteiger partial charge in [-0.1, -0.05) is 18.6 Å². The lowest BCUT2D eigenvalue weighted by atomic mass is 9.91. The molecule has 2 atom stereocenters. The standard InChI is InChI=1S/C26H38FN3O3/c1-26(2,3)33-25(32)30-18-20(15-19-7-4-8-21(27)16-19)17-23(30)24(31)29-12-6-11-28(13-14-29)22-9-5-10-22/h4,7-8,16,20,22-23H,5-6,9-15,17-18H2,1-3H3/t20-,23+/m1/s1. The highest BCUT2D eigenvalue weighted by Gasteiger charge is 2.43. The normalized spacial score (nSPS) is 25.0. The minimum absolute atomic E-state index is 0.0260. The highest BCUT2D eigenvalue weighted by atomic mass is 19.1. The van der Waals surface area contributed by atoms with Gasteiger partial charge in [-0.3, -0.25) is 14.6 Å². The van der Waals surface area contributed by atoms with Crippen molar-refractivity contribution >= 4 is 12.0 Å². The molecule has 0 unspecified atom stereocenters. The van der Waals surface area contributed by atoms with E-state index >= 15 is 0 Å². The fraction of sp³-hybridized carbons (Fsp3) is 0.692. The quantitative estimate of drug-likeness (QED) is 0.681. The number of hydrogen-bond acceptors (Lipinski definition) is 4. The highest BCUT2D eigenvalue weighted by Crippen LogP contribution is 2.31. The van der Waals surface area contributed by atoms with Crippen molar-refractivity contribution in [3.8, 4) is 0 Å². The molecule has 3 fully saturated rings. The van der Waals surface area contributed by atoms with Crippen LogP contribution in [-0.2, 0) is 16.0 Å². The number of nitrogens with zero attached hydrogens (tertiary/aromatic N) is 3. The van der Waals surface area contributed by atoms with E-state index in [-0.39, 0.29) is 17.6 Å². The third-order valence-corrected chi connectivity index (χ3v) is 7.15. The zero-order valence-corrected chi connectivity index (χ0v) is 20.3. The van der Waals surface area contributed by atoms with Crippen molar-refractivity contribution in [2.45, 2.75) is 77.0 Å². The summed E-state index contributed by atoms with van der Waals surface area (Å²) in [5, 5.41) is 0. The molecule has 0 spiro atoms. The first-order chi connectivity index (χ1) is 15.7. The van der Waals surface area contributed by atoms with E-state index in [0.717, 1.165) is 31.6 Å². The number of amides is 2. The summed E-state index contributed by atoms with van der Waals surface area (Å²) in [6, 6.07) is 6.74. The Morgan fingerprint density at radius 2 is 1.88 bits per heavy atom. The first kappa shape index (κ1) is 24.0. The molecule has 2 heterocycles. The minimum atomic E-state index is -0.628. The lowest BCUT2D eigenvalue weighted by Crippen LogP contribution is -2.50. The van der Waals surface area contributed by atoms with Crippen LogP contribution in [0.2, 0.25) is 0 Å². The molecule has 1 aromatic carbocycles. The van der Waals surface area contributed by atoms with Crippen LogP contribution < -0.4 is 0 Å². The fourth-order valence-corrected chi connectivity index (χ4v) is 5.31. The van der Waals surface area contributed by atoms with E-state index in [4.69, 9.17) is 4.74 Å². The van der Waals surface area contributed by atoms with Gasteiger partial charge in [-0.2, -0.15) is 0 Å². The lowest BCUT2D eigenvalue weighted by Gasteiger charge is -2.37. The van der Waals surface area contributed by atoms with Crippen molar-refractivity contribution < 1.29 is 18.7 Å². The molecule has 0 radical (unpaired) electrons.